The molecule has 2 aliphatic rings. The molecule has 2 heterocycles. The predicted molar refractivity (Wildman–Crippen MR) is 75.2 cm³/mol. The molecule has 0 aromatic heterocycles. The second kappa shape index (κ2) is 7.09. The fourth-order valence-corrected chi connectivity index (χ4v) is 3.00. The summed E-state index contributed by atoms with van der Waals surface area (Å²) in [6.45, 7) is 3.64. The maximum Gasteiger partial charge on any atom is 0.329 e. The van der Waals surface area contributed by atoms with Gasteiger partial charge in [0.1, 0.15) is 6.61 Å². The number of likely N-dealkylation sites (tertiary alicyclic amines) is 1. The Morgan fingerprint density at radius 2 is 2.00 bits per heavy atom. The fourth-order valence-electron chi connectivity index (χ4n) is 3.00. The van der Waals surface area contributed by atoms with Gasteiger partial charge in [-0.1, -0.05) is 0 Å². The van der Waals surface area contributed by atoms with Crippen LogP contribution in [-0.4, -0.2) is 78.5 Å². The summed E-state index contributed by atoms with van der Waals surface area (Å²) in [7, 11) is 1.82. The van der Waals surface area contributed by atoms with Crippen LogP contribution < -0.4 is 0 Å². The number of rotatable bonds is 4. The van der Waals surface area contributed by atoms with Gasteiger partial charge in [0.25, 0.3) is 0 Å². The van der Waals surface area contributed by atoms with Gasteiger partial charge in [-0.05, 0) is 26.2 Å². The maximum absolute atomic E-state index is 12.5. The lowest BCUT2D eigenvalue weighted by atomic mass is 10.1. The number of aliphatic carboxylic acids is 1. The van der Waals surface area contributed by atoms with Crippen molar-refractivity contribution in [2.24, 2.45) is 0 Å². The summed E-state index contributed by atoms with van der Waals surface area (Å²) in [6.07, 6.45) is 2.26. The molecule has 2 unspecified atom stereocenters. The Morgan fingerprint density at radius 3 is 2.52 bits per heavy atom. The van der Waals surface area contributed by atoms with E-state index in [1.807, 2.05) is 18.9 Å². The summed E-state index contributed by atoms with van der Waals surface area (Å²) >= 11 is 0. The van der Waals surface area contributed by atoms with Gasteiger partial charge < -0.3 is 24.4 Å². The average Bonchev–Trinajstić information content (AvgIpc) is 2.90. The first-order valence-electron chi connectivity index (χ1n) is 7.45. The van der Waals surface area contributed by atoms with Crippen LogP contribution >= 0.6 is 0 Å². The lowest BCUT2D eigenvalue weighted by Gasteiger charge is -2.36. The van der Waals surface area contributed by atoms with Crippen molar-refractivity contribution in [3.63, 3.8) is 0 Å². The third kappa shape index (κ3) is 4.07. The topological polar surface area (TPSA) is 79.3 Å². The van der Waals surface area contributed by atoms with Crippen LogP contribution in [-0.2, 0) is 14.3 Å². The van der Waals surface area contributed by atoms with Crippen LogP contribution in [0.25, 0.3) is 0 Å². The van der Waals surface area contributed by atoms with Crippen molar-refractivity contribution in [3.05, 3.63) is 0 Å². The van der Waals surface area contributed by atoms with Crippen LogP contribution in [0, 0.1) is 0 Å². The lowest BCUT2D eigenvalue weighted by molar-refractivity contribution is -0.145. The van der Waals surface area contributed by atoms with Gasteiger partial charge in [-0.15, -0.1) is 0 Å². The quantitative estimate of drug-likeness (QED) is 0.830. The van der Waals surface area contributed by atoms with Crippen LogP contribution in [0.2, 0.25) is 0 Å². The SMILES string of the molecule is CC1OCCC1N(C)C(=O)N1CCC(OCC(=O)O)CC1. The van der Waals surface area contributed by atoms with Crippen molar-refractivity contribution in [2.45, 2.75) is 44.4 Å². The minimum atomic E-state index is -0.955. The summed E-state index contributed by atoms with van der Waals surface area (Å²) in [5, 5.41) is 8.60. The summed E-state index contributed by atoms with van der Waals surface area (Å²) in [5.74, 6) is -0.955. The number of carboxylic acids is 1. The van der Waals surface area contributed by atoms with E-state index in [1.165, 1.54) is 0 Å². The van der Waals surface area contributed by atoms with Crippen LogP contribution in [0.1, 0.15) is 26.2 Å². The maximum atomic E-state index is 12.5. The second-order valence-corrected chi connectivity index (χ2v) is 5.72. The van der Waals surface area contributed by atoms with Crippen molar-refractivity contribution < 1.29 is 24.2 Å². The first-order valence-corrected chi connectivity index (χ1v) is 7.45. The van der Waals surface area contributed by atoms with E-state index in [2.05, 4.69) is 0 Å². The molecule has 21 heavy (non-hydrogen) atoms. The van der Waals surface area contributed by atoms with Crippen molar-refractivity contribution >= 4 is 12.0 Å². The summed E-state index contributed by atoms with van der Waals surface area (Å²) in [6, 6.07) is 0.160. The van der Waals surface area contributed by atoms with Crippen molar-refractivity contribution in [2.75, 3.05) is 33.4 Å². The van der Waals surface area contributed by atoms with Crippen LogP contribution in [0.5, 0.6) is 0 Å². The first-order chi connectivity index (χ1) is 9.99. The van der Waals surface area contributed by atoms with Gasteiger partial charge in [-0.2, -0.15) is 0 Å². The smallest absolute Gasteiger partial charge is 0.329 e. The Kier molecular flexibility index (Phi) is 5.41. The highest BCUT2D eigenvalue weighted by molar-refractivity contribution is 5.74. The third-order valence-electron chi connectivity index (χ3n) is 4.29. The standard InChI is InChI=1S/C14H24N2O5/c1-10-12(5-8-20-10)15(2)14(19)16-6-3-11(4-7-16)21-9-13(17)18/h10-12H,3-9H2,1-2H3,(H,17,18). The van der Waals surface area contributed by atoms with Gasteiger partial charge >= 0.3 is 12.0 Å². The molecule has 120 valence electrons. The van der Waals surface area contributed by atoms with Crippen LogP contribution in [0.15, 0.2) is 0 Å². The van der Waals surface area contributed by atoms with Crippen LogP contribution in [0.3, 0.4) is 0 Å². The Hall–Kier alpha value is -1.34. The van der Waals surface area contributed by atoms with E-state index in [4.69, 9.17) is 14.6 Å². The minimum Gasteiger partial charge on any atom is -0.480 e. The molecular formula is C14H24N2O5. The Balaban J connectivity index is 1.78. The molecule has 0 spiro atoms. The summed E-state index contributed by atoms with van der Waals surface area (Å²) in [4.78, 5) is 26.5. The zero-order valence-corrected chi connectivity index (χ0v) is 12.7. The Bertz CT molecular complexity index is 382. The van der Waals surface area contributed by atoms with Gasteiger partial charge in [0.05, 0.1) is 18.2 Å². The second-order valence-electron chi connectivity index (χ2n) is 5.72. The van der Waals surface area contributed by atoms with E-state index < -0.39 is 5.97 Å². The summed E-state index contributed by atoms with van der Waals surface area (Å²) in [5.41, 5.74) is 0. The molecule has 1 N–H and O–H groups in total. The summed E-state index contributed by atoms with van der Waals surface area (Å²) < 4.78 is 10.8. The number of piperidine rings is 1. The number of urea groups is 1. The van der Waals surface area contributed by atoms with E-state index >= 15 is 0 Å². The van der Waals surface area contributed by atoms with E-state index in [1.54, 1.807) is 4.90 Å². The van der Waals surface area contributed by atoms with E-state index in [0.29, 0.717) is 32.5 Å². The highest BCUT2D eigenvalue weighted by Gasteiger charge is 2.34. The number of carbonyl (C=O) groups excluding carboxylic acids is 1. The molecular weight excluding hydrogens is 276 g/mol. The molecule has 0 bridgehead atoms. The molecule has 0 aromatic rings. The van der Waals surface area contributed by atoms with Gasteiger partial charge in [0.15, 0.2) is 0 Å². The molecule has 2 atom stereocenters. The normalized spacial score (nSPS) is 26.9. The number of carbonyl (C=O) groups is 2. The minimum absolute atomic E-state index is 0.0223. The fraction of sp³-hybridized carbons (Fsp3) is 0.857. The number of amides is 2. The van der Waals surface area contributed by atoms with E-state index in [-0.39, 0.29) is 30.9 Å². The molecule has 7 nitrogen and oxygen atoms in total. The first kappa shape index (κ1) is 16.0. The molecule has 2 saturated heterocycles. The number of nitrogens with zero attached hydrogens (tertiary/aromatic N) is 2. The van der Waals surface area contributed by atoms with Crippen molar-refractivity contribution in [3.8, 4) is 0 Å². The molecule has 0 radical (unpaired) electrons. The number of likely N-dealkylation sites (N-methyl/N-ethyl adjacent to an activating group) is 1. The largest absolute Gasteiger partial charge is 0.480 e. The Labute approximate surface area is 124 Å². The van der Waals surface area contributed by atoms with Gasteiger partial charge in [-0.3, -0.25) is 0 Å². The van der Waals surface area contributed by atoms with Crippen LogP contribution in [0.4, 0.5) is 4.79 Å². The molecule has 2 amide bonds. The van der Waals surface area contributed by atoms with Crippen molar-refractivity contribution in [1.29, 1.82) is 0 Å². The zero-order chi connectivity index (χ0) is 15.4. The van der Waals surface area contributed by atoms with E-state index in [9.17, 15) is 9.59 Å². The van der Waals surface area contributed by atoms with Gasteiger partial charge in [0.2, 0.25) is 0 Å². The van der Waals surface area contributed by atoms with Gasteiger partial charge in [0, 0.05) is 26.7 Å². The molecule has 7 heteroatoms. The van der Waals surface area contributed by atoms with E-state index in [0.717, 1.165) is 6.42 Å². The van der Waals surface area contributed by atoms with Gasteiger partial charge in [-0.25, -0.2) is 9.59 Å². The highest BCUT2D eigenvalue weighted by atomic mass is 16.5. The molecule has 0 saturated carbocycles. The zero-order valence-electron chi connectivity index (χ0n) is 12.7. The number of hydrogen-bond donors (Lipinski definition) is 1. The average molecular weight is 300 g/mol. The lowest BCUT2D eigenvalue weighted by Crippen LogP contribution is -2.51. The number of hydrogen-bond acceptors (Lipinski definition) is 4. The van der Waals surface area contributed by atoms with Crippen molar-refractivity contribution in [1.82, 2.24) is 9.80 Å². The molecule has 0 aromatic carbocycles. The predicted octanol–water partition coefficient (Wildman–Crippen LogP) is 0.781. The molecule has 0 aliphatic carbocycles. The molecule has 2 aliphatic heterocycles. The number of ether oxygens (including phenoxy) is 2. The molecule has 2 rings (SSSR count). The number of carboxylic acid groups (broad SMARTS) is 1. The highest BCUT2D eigenvalue weighted by Crippen LogP contribution is 2.21. The Morgan fingerprint density at radius 1 is 1.33 bits per heavy atom. The molecule has 2 fully saturated rings. The monoisotopic (exact) mass is 300 g/mol. The third-order valence-corrected chi connectivity index (χ3v) is 4.29.